The summed E-state index contributed by atoms with van der Waals surface area (Å²) in [6.45, 7) is 2.62. The quantitative estimate of drug-likeness (QED) is 0.103. The second-order valence-corrected chi connectivity index (χ2v) is 10.9. The van der Waals surface area contributed by atoms with Gasteiger partial charge in [0, 0.05) is 100 Å². The van der Waals surface area contributed by atoms with Gasteiger partial charge in [0.1, 0.15) is 0 Å². The Bertz CT molecular complexity index is 1360. The highest BCUT2D eigenvalue weighted by molar-refractivity contribution is 6.15. The summed E-state index contributed by atoms with van der Waals surface area (Å²) < 4.78 is 10.5. The highest BCUT2D eigenvalue weighted by atomic mass is 16.5. The molecule has 0 spiro atoms. The van der Waals surface area contributed by atoms with Crippen molar-refractivity contribution in [2.45, 2.75) is 0 Å². The third kappa shape index (κ3) is 9.91. The van der Waals surface area contributed by atoms with Crippen LogP contribution in [0.1, 0.15) is 0 Å². The fourth-order valence-corrected chi connectivity index (χ4v) is 4.95. The molecule has 10 amide bonds. The van der Waals surface area contributed by atoms with Crippen LogP contribution in [0.2, 0.25) is 0 Å². The van der Waals surface area contributed by atoms with Crippen LogP contribution in [0.3, 0.4) is 0 Å². The van der Waals surface area contributed by atoms with E-state index in [1.165, 1.54) is 60.8 Å². The SMILES string of the molecule is O=C1C=CC(=O)N1CCN(CCN1C(=O)C=CC1=O)CCN1C(=O)C=CC1=O.O=C1C=CC(=O)N1CCOCCOCCN1C(=O)C=CC1=O. The van der Waals surface area contributed by atoms with E-state index in [2.05, 4.69) is 0 Å². The number of imide groups is 5. The Morgan fingerprint density at radius 2 is 0.520 bits per heavy atom. The van der Waals surface area contributed by atoms with E-state index in [1.807, 2.05) is 0 Å². The summed E-state index contributed by atoms with van der Waals surface area (Å²) in [5.41, 5.74) is 0. The monoisotopic (exact) mass is 694 g/mol. The summed E-state index contributed by atoms with van der Waals surface area (Å²) in [5, 5.41) is 0. The highest BCUT2D eigenvalue weighted by Crippen LogP contribution is 2.09. The van der Waals surface area contributed by atoms with Gasteiger partial charge in [-0.05, 0) is 0 Å². The molecule has 0 saturated carbocycles. The molecule has 0 N–H and O–H groups in total. The Morgan fingerprint density at radius 1 is 0.320 bits per heavy atom. The van der Waals surface area contributed by atoms with Crippen LogP contribution < -0.4 is 0 Å². The first kappa shape index (κ1) is 37.1. The lowest BCUT2D eigenvalue weighted by molar-refractivity contribution is -0.139. The number of carbonyl (C=O) groups excluding carboxylic acids is 10. The van der Waals surface area contributed by atoms with Gasteiger partial charge in [0.25, 0.3) is 59.1 Å². The van der Waals surface area contributed by atoms with Gasteiger partial charge in [-0.3, -0.25) is 77.3 Å². The normalized spacial score (nSPS) is 18.3. The fraction of sp³-hybridized carbons (Fsp3) is 0.375. The van der Waals surface area contributed by atoms with Crippen LogP contribution in [-0.2, 0) is 57.4 Å². The lowest BCUT2D eigenvalue weighted by atomic mass is 10.3. The summed E-state index contributed by atoms with van der Waals surface area (Å²) in [6, 6.07) is 0. The average Bonchev–Trinajstić information content (AvgIpc) is 3.87. The molecular weight excluding hydrogens is 660 g/mol. The van der Waals surface area contributed by atoms with Gasteiger partial charge in [-0.25, -0.2) is 0 Å². The smallest absolute Gasteiger partial charge is 0.253 e. The predicted molar refractivity (Wildman–Crippen MR) is 167 cm³/mol. The lowest BCUT2D eigenvalue weighted by Gasteiger charge is -2.27. The van der Waals surface area contributed by atoms with Crippen molar-refractivity contribution in [3.63, 3.8) is 0 Å². The zero-order chi connectivity index (χ0) is 36.2. The maximum absolute atomic E-state index is 11.7. The van der Waals surface area contributed by atoms with Crippen LogP contribution in [0, 0.1) is 0 Å². The van der Waals surface area contributed by atoms with Gasteiger partial charge in [0.15, 0.2) is 0 Å². The third-order valence-corrected chi connectivity index (χ3v) is 7.71. The second kappa shape index (κ2) is 17.6. The first-order valence-electron chi connectivity index (χ1n) is 15.5. The van der Waals surface area contributed by atoms with Crippen molar-refractivity contribution in [2.24, 2.45) is 0 Å². The minimum Gasteiger partial charge on any atom is -0.377 e. The van der Waals surface area contributed by atoms with E-state index in [4.69, 9.17) is 9.47 Å². The minimum atomic E-state index is -0.409. The number of amides is 10. The number of nitrogens with zero attached hydrogens (tertiary/aromatic N) is 6. The van der Waals surface area contributed by atoms with Crippen molar-refractivity contribution in [1.29, 1.82) is 0 Å². The Hall–Kier alpha value is -5.72. The molecule has 0 saturated heterocycles. The largest absolute Gasteiger partial charge is 0.377 e. The maximum atomic E-state index is 11.7. The molecule has 0 fully saturated rings. The molecule has 0 aromatic carbocycles. The fourth-order valence-electron chi connectivity index (χ4n) is 4.95. The second-order valence-electron chi connectivity index (χ2n) is 10.9. The number of hydrogen-bond donors (Lipinski definition) is 0. The number of hydrogen-bond acceptors (Lipinski definition) is 13. The number of ether oxygens (including phenoxy) is 2. The van der Waals surface area contributed by atoms with E-state index in [0.717, 1.165) is 24.5 Å². The molecule has 5 heterocycles. The lowest BCUT2D eigenvalue weighted by Crippen LogP contribution is -2.45. The summed E-state index contributed by atoms with van der Waals surface area (Å²) in [5.74, 6) is -3.79. The standard InChI is InChI=1S/C18H18N4O6.C14H16N2O6/c23-13-1-2-14(24)20(13)10-7-19(8-11-21-15(25)3-4-16(21)26)9-12-22-17(27)5-6-18(22)28;17-11-1-2-12(18)15(11)5-7-21-9-10-22-8-6-16-13(19)3-4-14(16)20/h1-6H,7-12H2;1-4H,5-10H2. The van der Waals surface area contributed by atoms with E-state index in [1.54, 1.807) is 4.90 Å². The number of rotatable bonds is 18. The summed E-state index contributed by atoms with van der Waals surface area (Å²) in [6.07, 6.45) is 12.0. The van der Waals surface area contributed by atoms with E-state index in [9.17, 15) is 47.9 Å². The summed E-state index contributed by atoms with van der Waals surface area (Å²) in [4.78, 5) is 122. The maximum Gasteiger partial charge on any atom is 0.253 e. The average molecular weight is 695 g/mol. The van der Waals surface area contributed by atoms with Crippen LogP contribution in [0.5, 0.6) is 0 Å². The minimum absolute atomic E-state index is 0.116. The van der Waals surface area contributed by atoms with Crippen molar-refractivity contribution in [1.82, 2.24) is 29.4 Å². The first-order valence-corrected chi connectivity index (χ1v) is 15.5. The van der Waals surface area contributed by atoms with Gasteiger partial charge in [-0.1, -0.05) is 0 Å². The molecule has 5 rings (SSSR count). The van der Waals surface area contributed by atoms with Gasteiger partial charge in [0.2, 0.25) is 0 Å². The van der Waals surface area contributed by atoms with Crippen molar-refractivity contribution >= 4 is 59.1 Å². The van der Waals surface area contributed by atoms with Gasteiger partial charge in [-0.2, -0.15) is 0 Å². The van der Waals surface area contributed by atoms with Crippen LogP contribution in [-0.4, -0.2) is 167 Å². The third-order valence-electron chi connectivity index (χ3n) is 7.71. The van der Waals surface area contributed by atoms with Crippen LogP contribution in [0.15, 0.2) is 60.8 Å². The predicted octanol–water partition coefficient (Wildman–Crippen LogP) is -3.07. The highest BCUT2D eigenvalue weighted by Gasteiger charge is 2.28. The van der Waals surface area contributed by atoms with Gasteiger partial charge < -0.3 is 9.47 Å². The van der Waals surface area contributed by atoms with E-state index in [0.29, 0.717) is 13.2 Å². The molecule has 5 aliphatic rings. The molecule has 0 bridgehead atoms. The molecule has 0 aliphatic carbocycles. The molecule has 0 radical (unpaired) electrons. The van der Waals surface area contributed by atoms with E-state index >= 15 is 0 Å². The molecular formula is C32H34N6O12. The summed E-state index contributed by atoms with van der Waals surface area (Å²) in [7, 11) is 0. The molecule has 0 unspecified atom stereocenters. The van der Waals surface area contributed by atoms with E-state index in [-0.39, 0.29) is 89.2 Å². The molecule has 18 nitrogen and oxygen atoms in total. The summed E-state index contributed by atoms with van der Waals surface area (Å²) >= 11 is 0. The van der Waals surface area contributed by atoms with Crippen LogP contribution in [0.25, 0.3) is 0 Å². The Labute approximate surface area is 285 Å². The van der Waals surface area contributed by atoms with Gasteiger partial charge >= 0.3 is 0 Å². The van der Waals surface area contributed by atoms with Crippen molar-refractivity contribution in [3.8, 4) is 0 Å². The Balaban J connectivity index is 0.000000232. The molecule has 264 valence electrons. The van der Waals surface area contributed by atoms with Crippen molar-refractivity contribution in [3.05, 3.63) is 60.8 Å². The van der Waals surface area contributed by atoms with Crippen molar-refractivity contribution < 1.29 is 57.4 Å². The van der Waals surface area contributed by atoms with E-state index < -0.39 is 35.4 Å². The molecule has 0 atom stereocenters. The molecule has 5 aliphatic heterocycles. The van der Waals surface area contributed by atoms with Gasteiger partial charge in [-0.15, -0.1) is 0 Å². The molecule has 0 aromatic heterocycles. The van der Waals surface area contributed by atoms with Crippen LogP contribution in [0.4, 0.5) is 0 Å². The molecule has 0 aromatic rings. The Kier molecular flexibility index (Phi) is 13.1. The van der Waals surface area contributed by atoms with Gasteiger partial charge in [0.05, 0.1) is 39.5 Å². The zero-order valence-electron chi connectivity index (χ0n) is 26.8. The topological polar surface area (TPSA) is 209 Å². The Morgan fingerprint density at radius 3 is 0.740 bits per heavy atom. The molecule has 50 heavy (non-hydrogen) atoms. The molecule has 18 heteroatoms. The van der Waals surface area contributed by atoms with Crippen LogP contribution >= 0.6 is 0 Å². The zero-order valence-corrected chi connectivity index (χ0v) is 26.8. The van der Waals surface area contributed by atoms with Crippen molar-refractivity contribution in [2.75, 3.05) is 78.8 Å². The number of carbonyl (C=O) groups is 10. The first-order chi connectivity index (χ1) is 24.0.